The normalized spacial score (nSPS) is 14.6. The molecule has 0 amide bonds. The third kappa shape index (κ3) is 0.811. The van der Waals surface area contributed by atoms with Crippen molar-refractivity contribution in [1.82, 2.24) is 4.57 Å². The van der Waals surface area contributed by atoms with E-state index in [1.165, 1.54) is 5.39 Å². The molecule has 0 bridgehead atoms. The molecule has 13 heavy (non-hydrogen) atoms. The van der Waals surface area contributed by atoms with Gasteiger partial charge in [0.25, 0.3) is 0 Å². The van der Waals surface area contributed by atoms with Gasteiger partial charge in [-0.1, -0.05) is 18.2 Å². The van der Waals surface area contributed by atoms with Crippen molar-refractivity contribution < 1.29 is 4.74 Å². The van der Waals surface area contributed by atoms with Crippen LogP contribution in [0.2, 0.25) is 0 Å². The van der Waals surface area contributed by atoms with Gasteiger partial charge in [-0.2, -0.15) is 4.74 Å². The molecular weight excluding hydrogens is 164 g/mol. The zero-order valence-corrected chi connectivity index (χ0v) is 6.97. The van der Waals surface area contributed by atoms with Crippen LogP contribution in [0, 0.1) is 5.21 Å². The largest absolute Gasteiger partial charge is 0.622 e. The van der Waals surface area contributed by atoms with E-state index >= 15 is 0 Å². The fourth-order valence-corrected chi connectivity index (χ4v) is 1.82. The number of fused-ring (bicyclic) bond motifs is 3. The summed E-state index contributed by atoms with van der Waals surface area (Å²) in [7, 11) is 0. The number of hydroxylamine groups is 1. The van der Waals surface area contributed by atoms with Crippen molar-refractivity contribution >= 4 is 17.1 Å². The number of para-hydroxylation sites is 1. The molecule has 3 nitrogen and oxygen atoms in total. The van der Waals surface area contributed by atoms with Gasteiger partial charge in [-0.25, -0.2) is 0 Å². The van der Waals surface area contributed by atoms with E-state index in [1.807, 2.05) is 28.8 Å². The highest BCUT2D eigenvalue weighted by atomic mass is 16.5. The number of hydrogen-bond donors (Lipinski definition) is 0. The molecule has 1 aliphatic rings. The van der Waals surface area contributed by atoms with Crippen LogP contribution in [0.25, 0.3) is 10.9 Å². The fraction of sp³-hybridized carbons (Fsp3) is 0.100. The van der Waals surface area contributed by atoms with Crippen molar-refractivity contribution in [3.8, 4) is 0 Å². The Kier molecular flexibility index (Phi) is 1.10. The van der Waals surface area contributed by atoms with Gasteiger partial charge in [0, 0.05) is 5.39 Å². The minimum absolute atomic E-state index is 0.419. The van der Waals surface area contributed by atoms with E-state index in [1.54, 1.807) is 6.21 Å². The predicted molar refractivity (Wildman–Crippen MR) is 50.7 cm³/mol. The smallest absolute Gasteiger partial charge is 0.233 e. The molecule has 1 aromatic heterocycles. The van der Waals surface area contributed by atoms with E-state index in [0.717, 1.165) is 15.9 Å². The molecular formula is C10H8N2O. The fourth-order valence-electron chi connectivity index (χ4n) is 1.82. The molecule has 2 aromatic rings. The Hall–Kier alpha value is -1.77. The Bertz CT molecular complexity index is 511. The van der Waals surface area contributed by atoms with E-state index in [4.69, 9.17) is 0 Å². The molecule has 0 spiro atoms. The van der Waals surface area contributed by atoms with E-state index < -0.39 is 0 Å². The maximum atomic E-state index is 11.0. The van der Waals surface area contributed by atoms with E-state index in [9.17, 15) is 5.21 Å². The first-order valence-corrected chi connectivity index (χ1v) is 4.21. The van der Waals surface area contributed by atoms with Crippen LogP contribution >= 0.6 is 0 Å². The Morgan fingerprint density at radius 1 is 1.31 bits per heavy atom. The second kappa shape index (κ2) is 2.13. The monoisotopic (exact) mass is 172 g/mol. The third-order valence-corrected chi connectivity index (χ3v) is 2.40. The predicted octanol–water partition coefficient (Wildman–Crippen LogP) is 1.54. The lowest BCUT2D eigenvalue weighted by molar-refractivity contribution is -0.479. The number of nitrogens with zero attached hydrogens (tertiary/aromatic N) is 2. The van der Waals surface area contributed by atoms with Crippen molar-refractivity contribution in [3.05, 3.63) is 41.2 Å². The second-order valence-electron chi connectivity index (χ2n) is 3.24. The number of aromatic nitrogens is 1. The zero-order chi connectivity index (χ0) is 8.84. The molecule has 0 aliphatic carbocycles. The van der Waals surface area contributed by atoms with Crippen LogP contribution < -0.4 is 0 Å². The molecule has 3 rings (SSSR count). The highest BCUT2D eigenvalue weighted by molar-refractivity contribution is 5.89. The molecule has 0 saturated heterocycles. The van der Waals surface area contributed by atoms with Crippen LogP contribution in [0.4, 0.5) is 0 Å². The summed E-state index contributed by atoms with van der Waals surface area (Å²) in [5.74, 6) is 0. The van der Waals surface area contributed by atoms with Crippen molar-refractivity contribution in [2.24, 2.45) is 0 Å². The first-order valence-electron chi connectivity index (χ1n) is 4.21. The summed E-state index contributed by atoms with van der Waals surface area (Å²) in [6.07, 6.45) is 1.62. The van der Waals surface area contributed by atoms with Crippen LogP contribution in [-0.4, -0.2) is 15.5 Å². The van der Waals surface area contributed by atoms with Crippen molar-refractivity contribution in [3.63, 3.8) is 0 Å². The number of rotatable bonds is 0. The highest BCUT2D eigenvalue weighted by Gasteiger charge is 2.16. The summed E-state index contributed by atoms with van der Waals surface area (Å²) in [6.45, 7) is 0.419. The molecule has 0 N–H and O–H groups in total. The Morgan fingerprint density at radius 2 is 2.15 bits per heavy atom. The Labute approximate surface area is 75.1 Å². The van der Waals surface area contributed by atoms with Gasteiger partial charge in [0.15, 0.2) is 6.21 Å². The summed E-state index contributed by atoms with van der Waals surface area (Å²) in [5, 5.41) is 12.2. The minimum atomic E-state index is 0.419. The van der Waals surface area contributed by atoms with Crippen LogP contribution in [-0.2, 0) is 6.67 Å². The van der Waals surface area contributed by atoms with Crippen LogP contribution in [0.1, 0.15) is 5.69 Å². The lowest BCUT2D eigenvalue weighted by Gasteiger charge is -1.99. The van der Waals surface area contributed by atoms with Crippen LogP contribution in [0.15, 0.2) is 30.3 Å². The van der Waals surface area contributed by atoms with Gasteiger partial charge in [0.1, 0.15) is 5.69 Å². The van der Waals surface area contributed by atoms with Gasteiger partial charge in [-0.05, 0) is 12.1 Å². The third-order valence-electron chi connectivity index (χ3n) is 2.40. The average Bonchev–Trinajstić information content (AvgIpc) is 2.60. The molecule has 64 valence electrons. The van der Waals surface area contributed by atoms with Gasteiger partial charge >= 0.3 is 0 Å². The second-order valence-corrected chi connectivity index (χ2v) is 3.24. The highest BCUT2D eigenvalue weighted by Crippen LogP contribution is 2.20. The maximum Gasteiger partial charge on any atom is 0.233 e. The van der Waals surface area contributed by atoms with Gasteiger partial charge in [0.2, 0.25) is 6.67 Å². The van der Waals surface area contributed by atoms with E-state index in [-0.39, 0.29) is 0 Å². The standard InChI is InChI=1S/C10H8N2O/c13-11-6-9-5-8-3-1-2-4-10(8)12(9)7-11/h1-6H,7H2. The van der Waals surface area contributed by atoms with Crippen molar-refractivity contribution in [2.75, 3.05) is 0 Å². The molecule has 0 atom stereocenters. The molecule has 0 saturated carbocycles. The first kappa shape index (κ1) is 6.71. The lowest BCUT2D eigenvalue weighted by Crippen LogP contribution is -2.01. The summed E-state index contributed by atoms with van der Waals surface area (Å²) in [4.78, 5) is 0. The minimum Gasteiger partial charge on any atom is -0.622 e. The molecule has 1 aliphatic heterocycles. The molecule has 0 unspecified atom stereocenters. The Balaban J connectivity index is 2.39. The van der Waals surface area contributed by atoms with Gasteiger partial charge in [0.05, 0.1) is 5.52 Å². The quantitative estimate of drug-likeness (QED) is 0.438. The van der Waals surface area contributed by atoms with Crippen LogP contribution in [0.5, 0.6) is 0 Å². The maximum absolute atomic E-state index is 11.0. The van der Waals surface area contributed by atoms with Crippen molar-refractivity contribution in [1.29, 1.82) is 0 Å². The molecule has 0 fully saturated rings. The van der Waals surface area contributed by atoms with Gasteiger partial charge < -0.3 is 5.21 Å². The Morgan fingerprint density at radius 3 is 3.08 bits per heavy atom. The summed E-state index contributed by atoms with van der Waals surface area (Å²) in [6, 6.07) is 10.1. The number of hydrogen-bond acceptors (Lipinski definition) is 1. The lowest BCUT2D eigenvalue weighted by atomic mass is 10.2. The van der Waals surface area contributed by atoms with E-state index in [2.05, 4.69) is 6.07 Å². The molecule has 2 heterocycles. The molecule has 0 radical (unpaired) electrons. The van der Waals surface area contributed by atoms with Crippen molar-refractivity contribution in [2.45, 2.75) is 6.67 Å². The molecule has 3 heteroatoms. The first-order chi connectivity index (χ1) is 6.34. The summed E-state index contributed by atoms with van der Waals surface area (Å²) < 4.78 is 2.96. The zero-order valence-electron chi connectivity index (χ0n) is 6.97. The summed E-state index contributed by atoms with van der Waals surface area (Å²) >= 11 is 0. The van der Waals surface area contributed by atoms with Crippen LogP contribution in [0.3, 0.4) is 0 Å². The molecule has 1 aromatic carbocycles. The summed E-state index contributed by atoms with van der Waals surface area (Å²) in [5.41, 5.74) is 2.13. The van der Waals surface area contributed by atoms with Gasteiger partial charge in [-0.15, -0.1) is 0 Å². The topological polar surface area (TPSA) is 31.0 Å². The number of benzene rings is 1. The SMILES string of the molecule is [O-][N+]1=Cc2cc3ccccc3n2C1. The van der Waals surface area contributed by atoms with Gasteiger partial charge in [-0.3, -0.25) is 4.57 Å². The van der Waals surface area contributed by atoms with E-state index in [0.29, 0.717) is 6.67 Å². The average molecular weight is 172 g/mol.